The summed E-state index contributed by atoms with van der Waals surface area (Å²) in [6.07, 6.45) is 0. The quantitative estimate of drug-likeness (QED) is 0.441. The summed E-state index contributed by atoms with van der Waals surface area (Å²) < 4.78 is 11.1. The molecule has 16 heavy (non-hydrogen) atoms. The summed E-state index contributed by atoms with van der Waals surface area (Å²) in [4.78, 5) is 18.0. The minimum absolute atomic E-state index is 0.209. The molecule has 2 aromatic carbocycles. The minimum atomic E-state index is -4.60. The number of hydrogen-bond donors (Lipinski definition) is 4. The summed E-state index contributed by atoms with van der Waals surface area (Å²) in [7, 11) is -4.60. The summed E-state index contributed by atoms with van der Waals surface area (Å²) >= 11 is 0. The Morgan fingerprint density at radius 3 is 2.12 bits per heavy atom. The van der Waals surface area contributed by atoms with Gasteiger partial charge in [0.25, 0.3) is 0 Å². The first-order valence-electron chi connectivity index (χ1n) is 4.41. The molecule has 4 N–H and O–H groups in total. The summed E-state index contributed by atoms with van der Waals surface area (Å²) in [5.41, 5.74) is 0. The maximum atomic E-state index is 11.1. The summed E-state index contributed by atoms with van der Waals surface area (Å²) in [6.45, 7) is 0. The van der Waals surface area contributed by atoms with Crippen LogP contribution in [0.1, 0.15) is 0 Å². The van der Waals surface area contributed by atoms with Crippen molar-refractivity contribution in [3.05, 3.63) is 30.3 Å². The minimum Gasteiger partial charge on any atom is -0.507 e. The molecule has 0 fully saturated rings. The van der Waals surface area contributed by atoms with Gasteiger partial charge in [0.1, 0.15) is 16.8 Å². The van der Waals surface area contributed by atoms with Gasteiger partial charge in [-0.2, -0.15) is 0 Å². The first-order chi connectivity index (χ1) is 7.41. The lowest BCUT2D eigenvalue weighted by atomic mass is 10.1. The van der Waals surface area contributed by atoms with Crippen molar-refractivity contribution < 1.29 is 24.6 Å². The maximum Gasteiger partial charge on any atom is 0.360 e. The van der Waals surface area contributed by atoms with Crippen LogP contribution in [-0.4, -0.2) is 20.0 Å². The topological polar surface area (TPSA) is 98.0 Å². The van der Waals surface area contributed by atoms with Gasteiger partial charge in [0.05, 0.1) is 0 Å². The van der Waals surface area contributed by atoms with Crippen LogP contribution < -0.4 is 5.30 Å². The van der Waals surface area contributed by atoms with Crippen LogP contribution in [0.3, 0.4) is 0 Å². The molecule has 0 radical (unpaired) electrons. The molecule has 84 valence electrons. The molecule has 0 atom stereocenters. The van der Waals surface area contributed by atoms with E-state index in [-0.39, 0.29) is 11.1 Å². The molecule has 2 aromatic rings. The molecule has 0 heterocycles. The van der Waals surface area contributed by atoms with E-state index >= 15 is 0 Å². The van der Waals surface area contributed by atoms with Crippen molar-refractivity contribution >= 4 is 23.7 Å². The van der Waals surface area contributed by atoms with Crippen LogP contribution >= 0.6 is 7.60 Å². The van der Waals surface area contributed by atoms with Gasteiger partial charge in [0, 0.05) is 10.8 Å². The molecule has 2 rings (SSSR count). The Kier molecular flexibility index (Phi) is 2.39. The molecule has 0 spiro atoms. The average molecular weight is 240 g/mol. The second-order valence-electron chi connectivity index (χ2n) is 3.35. The Bertz CT molecular complexity index is 601. The lowest BCUT2D eigenvalue weighted by Crippen LogP contribution is -2.04. The molecule has 0 aromatic heterocycles. The van der Waals surface area contributed by atoms with Crippen LogP contribution in [0.4, 0.5) is 0 Å². The van der Waals surface area contributed by atoms with Gasteiger partial charge in [-0.1, -0.05) is 24.3 Å². The van der Waals surface area contributed by atoms with Crippen LogP contribution in [-0.2, 0) is 4.57 Å². The van der Waals surface area contributed by atoms with Gasteiger partial charge in [-0.25, -0.2) is 0 Å². The average Bonchev–Trinajstić information content (AvgIpc) is 2.22. The van der Waals surface area contributed by atoms with Crippen LogP contribution in [0.2, 0.25) is 0 Å². The molecule has 0 saturated heterocycles. The standard InChI is InChI=1S/C10H9O5P/c11-8-5-9(16(13,14)15)10(12)7-4-2-1-3-6(7)8/h1-5,11-12H,(H2,13,14,15). The van der Waals surface area contributed by atoms with E-state index in [0.717, 1.165) is 6.07 Å². The number of benzene rings is 2. The van der Waals surface area contributed by atoms with E-state index in [2.05, 4.69) is 0 Å². The van der Waals surface area contributed by atoms with Crippen molar-refractivity contribution in [3.8, 4) is 11.5 Å². The molecule has 0 aliphatic heterocycles. The normalized spacial score (nSPS) is 11.9. The second-order valence-corrected chi connectivity index (χ2v) is 4.92. The molecule has 0 aliphatic carbocycles. The zero-order valence-electron chi connectivity index (χ0n) is 8.03. The Morgan fingerprint density at radius 1 is 1.00 bits per heavy atom. The zero-order valence-corrected chi connectivity index (χ0v) is 8.93. The van der Waals surface area contributed by atoms with Gasteiger partial charge in [-0.15, -0.1) is 0 Å². The number of phenols is 2. The van der Waals surface area contributed by atoms with Gasteiger partial charge in [-0.3, -0.25) is 4.57 Å². The van der Waals surface area contributed by atoms with Crippen molar-refractivity contribution in [1.82, 2.24) is 0 Å². The largest absolute Gasteiger partial charge is 0.507 e. The fourth-order valence-electron chi connectivity index (χ4n) is 1.55. The highest BCUT2D eigenvalue weighted by atomic mass is 31.2. The third-order valence-electron chi connectivity index (χ3n) is 2.29. The van der Waals surface area contributed by atoms with Crippen molar-refractivity contribution in [2.24, 2.45) is 0 Å². The van der Waals surface area contributed by atoms with E-state index in [0.29, 0.717) is 5.39 Å². The monoisotopic (exact) mass is 240 g/mol. The Morgan fingerprint density at radius 2 is 1.56 bits per heavy atom. The summed E-state index contributed by atoms with van der Waals surface area (Å²) in [5.74, 6) is -0.770. The highest BCUT2D eigenvalue weighted by Crippen LogP contribution is 2.42. The fraction of sp³-hybridized carbons (Fsp3) is 0. The molecular formula is C10H9O5P. The van der Waals surface area contributed by atoms with E-state index in [1.807, 2.05) is 0 Å². The van der Waals surface area contributed by atoms with E-state index in [1.165, 1.54) is 6.07 Å². The fourth-order valence-corrected chi connectivity index (χ4v) is 2.24. The SMILES string of the molecule is O=P(O)(O)c1cc(O)c2ccccc2c1O. The van der Waals surface area contributed by atoms with Gasteiger partial charge in [0.2, 0.25) is 0 Å². The molecule has 5 nitrogen and oxygen atoms in total. The molecule has 0 aliphatic rings. The zero-order chi connectivity index (χ0) is 11.9. The molecule has 0 unspecified atom stereocenters. The number of aromatic hydroxyl groups is 2. The van der Waals surface area contributed by atoms with E-state index in [1.54, 1.807) is 18.2 Å². The highest BCUT2D eigenvalue weighted by Gasteiger charge is 2.24. The van der Waals surface area contributed by atoms with E-state index < -0.39 is 18.6 Å². The highest BCUT2D eigenvalue weighted by molar-refractivity contribution is 7.60. The number of hydrogen-bond acceptors (Lipinski definition) is 3. The predicted octanol–water partition coefficient (Wildman–Crippen LogP) is 1.05. The smallest absolute Gasteiger partial charge is 0.360 e. The Hall–Kier alpha value is -1.55. The van der Waals surface area contributed by atoms with Gasteiger partial charge < -0.3 is 20.0 Å². The number of phenolic OH excluding ortho intramolecular Hbond substituents is 2. The van der Waals surface area contributed by atoms with Crippen molar-refractivity contribution in [3.63, 3.8) is 0 Å². The Balaban J connectivity index is 2.91. The molecular weight excluding hydrogens is 231 g/mol. The first-order valence-corrected chi connectivity index (χ1v) is 6.02. The van der Waals surface area contributed by atoms with Gasteiger partial charge >= 0.3 is 7.60 Å². The van der Waals surface area contributed by atoms with Crippen molar-refractivity contribution in [2.75, 3.05) is 0 Å². The van der Waals surface area contributed by atoms with E-state index in [4.69, 9.17) is 9.79 Å². The van der Waals surface area contributed by atoms with Crippen LogP contribution in [0.15, 0.2) is 30.3 Å². The van der Waals surface area contributed by atoms with E-state index in [9.17, 15) is 14.8 Å². The summed E-state index contributed by atoms with van der Waals surface area (Å²) in [6, 6.07) is 7.17. The number of rotatable bonds is 1. The molecule has 6 heteroatoms. The predicted molar refractivity (Wildman–Crippen MR) is 59.0 cm³/mol. The third-order valence-corrected chi connectivity index (χ3v) is 3.26. The number of fused-ring (bicyclic) bond motifs is 1. The molecule has 0 amide bonds. The van der Waals surface area contributed by atoms with Crippen LogP contribution in [0.25, 0.3) is 10.8 Å². The third kappa shape index (κ3) is 1.65. The van der Waals surface area contributed by atoms with Crippen LogP contribution in [0, 0.1) is 0 Å². The lowest BCUT2D eigenvalue weighted by Gasteiger charge is -2.10. The molecule has 0 saturated carbocycles. The Labute approximate surface area is 90.8 Å². The maximum absolute atomic E-state index is 11.1. The second kappa shape index (κ2) is 3.49. The van der Waals surface area contributed by atoms with Gasteiger partial charge in [-0.05, 0) is 6.07 Å². The van der Waals surface area contributed by atoms with Gasteiger partial charge in [0.15, 0.2) is 0 Å². The van der Waals surface area contributed by atoms with Crippen molar-refractivity contribution in [1.29, 1.82) is 0 Å². The van der Waals surface area contributed by atoms with Crippen LogP contribution in [0.5, 0.6) is 11.5 Å². The van der Waals surface area contributed by atoms with Crippen molar-refractivity contribution in [2.45, 2.75) is 0 Å². The first kappa shape index (κ1) is 11.0. The summed E-state index contributed by atoms with van der Waals surface area (Å²) in [5, 5.41) is 19.3. The lowest BCUT2D eigenvalue weighted by molar-refractivity contribution is 0.384. The molecule has 0 bridgehead atoms.